The molecular formula is C14H24O4. The summed E-state index contributed by atoms with van der Waals surface area (Å²) in [5, 5.41) is 8.58. The summed E-state index contributed by atoms with van der Waals surface area (Å²) in [4.78, 5) is 21.7. The summed E-state index contributed by atoms with van der Waals surface area (Å²) in [6.45, 7) is 5.64. The second-order valence-electron chi connectivity index (χ2n) is 4.47. The van der Waals surface area contributed by atoms with Crippen molar-refractivity contribution in [3.05, 3.63) is 12.2 Å². The Morgan fingerprint density at radius 2 is 2.00 bits per heavy atom. The van der Waals surface area contributed by atoms with Gasteiger partial charge in [-0.3, -0.25) is 0 Å². The van der Waals surface area contributed by atoms with Gasteiger partial charge in [-0.05, 0) is 19.3 Å². The van der Waals surface area contributed by atoms with Crippen LogP contribution in [0.15, 0.2) is 12.2 Å². The summed E-state index contributed by atoms with van der Waals surface area (Å²) in [5.74, 6) is -1.13. The maximum absolute atomic E-state index is 11.3. The van der Waals surface area contributed by atoms with Crippen molar-refractivity contribution >= 4 is 11.9 Å². The van der Waals surface area contributed by atoms with Crippen molar-refractivity contribution in [1.82, 2.24) is 0 Å². The summed E-state index contributed by atoms with van der Waals surface area (Å²) in [6.07, 6.45) is 7.49. The first-order valence-corrected chi connectivity index (χ1v) is 6.61. The fraction of sp³-hybridized carbons (Fsp3) is 0.714. The first-order chi connectivity index (χ1) is 8.51. The van der Waals surface area contributed by atoms with Gasteiger partial charge >= 0.3 is 11.9 Å². The van der Waals surface area contributed by atoms with Gasteiger partial charge in [0, 0.05) is 6.08 Å². The number of hydrogen-bond acceptors (Lipinski definition) is 3. The van der Waals surface area contributed by atoms with E-state index in [0.29, 0.717) is 5.92 Å². The van der Waals surface area contributed by atoms with Gasteiger partial charge in [-0.1, -0.05) is 45.6 Å². The van der Waals surface area contributed by atoms with Crippen LogP contribution >= 0.6 is 0 Å². The average molecular weight is 256 g/mol. The van der Waals surface area contributed by atoms with Crippen LogP contribution < -0.4 is 0 Å². The highest BCUT2D eigenvalue weighted by Crippen LogP contribution is 2.16. The van der Waals surface area contributed by atoms with Gasteiger partial charge in [0.25, 0.3) is 0 Å². The standard InChI is InChI=1S/C14H24O4/c1-4-6-8-12(5-2)9-7-10-13(15)18-11(3)14(16)17/h7,10-12H,4-6,8-9H2,1-3H3,(H,16,17). The zero-order valence-electron chi connectivity index (χ0n) is 11.5. The maximum Gasteiger partial charge on any atom is 0.344 e. The number of carbonyl (C=O) groups excluding carboxylic acids is 1. The van der Waals surface area contributed by atoms with E-state index in [0.717, 1.165) is 19.3 Å². The molecule has 0 rings (SSSR count). The molecule has 0 spiro atoms. The van der Waals surface area contributed by atoms with Crippen molar-refractivity contribution < 1.29 is 19.4 Å². The van der Waals surface area contributed by atoms with E-state index in [1.807, 2.05) is 0 Å². The van der Waals surface area contributed by atoms with Crippen LogP contribution in [0.2, 0.25) is 0 Å². The van der Waals surface area contributed by atoms with Crippen LogP contribution in [0.1, 0.15) is 52.9 Å². The van der Waals surface area contributed by atoms with E-state index in [4.69, 9.17) is 5.11 Å². The third-order valence-electron chi connectivity index (χ3n) is 2.91. The lowest BCUT2D eigenvalue weighted by Crippen LogP contribution is -2.22. The molecule has 2 atom stereocenters. The van der Waals surface area contributed by atoms with Crippen LogP contribution in [0.3, 0.4) is 0 Å². The molecule has 104 valence electrons. The Morgan fingerprint density at radius 3 is 2.50 bits per heavy atom. The highest BCUT2D eigenvalue weighted by molar-refractivity contribution is 5.84. The molecule has 18 heavy (non-hydrogen) atoms. The lowest BCUT2D eigenvalue weighted by Gasteiger charge is -2.11. The van der Waals surface area contributed by atoms with E-state index in [1.54, 1.807) is 6.08 Å². The third kappa shape index (κ3) is 7.87. The number of carboxylic acids is 1. The van der Waals surface area contributed by atoms with Gasteiger partial charge in [0.15, 0.2) is 6.10 Å². The minimum atomic E-state index is -1.13. The van der Waals surface area contributed by atoms with Crippen molar-refractivity contribution in [3.63, 3.8) is 0 Å². The molecular weight excluding hydrogens is 232 g/mol. The van der Waals surface area contributed by atoms with Crippen molar-refractivity contribution in [1.29, 1.82) is 0 Å². The van der Waals surface area contributed by atoms with Gasteiger partial charge in [-0.25, -0.2) is 9.59 Å². The van der Waals surface area contributed by atoms with Crippen LogP contribution in [0.5, 0.6) is 0 Å². The van der Waals surface area contributed by atoms with Gasteiger partial charge < -0.3 is 9.84 Å². The number of unbranched alkanes of at least 4 members (excludes halogenated alkanes) is 1. The molecule has 0 heterocycles. The smallest absolute Gasteiger partial charge is 0.344 e. The lowest BCUT2D eigenvalue weighted by atomic mass is 9.96. The molecule has 0 bridgehead atoms. The van der Waals surface area contributed by atoms with E-state index in [2.05, 4.69) is 18.6 Å². The van der Waals surface area contributed by atoms with E-state index in [1.165, 1.54) is 25.8 Å². The van der Waals surface area contributed by atoms with Crippen LogP contribution in [-0.4, -0.2) is 23.1 Å². The predicted molar refractivity (Wildman–Crippen MR) is 70.3 cm³/mol. The van der Waals surface area contributed by atoms with E-state index < -0.39 is 18.0 Å². The third-order valence-corrected chi connectivity index (χ3v) is 2.91. The number of allylic oxidation sites excluding steroid dienone is 1. The molecule has 0 saturated heterocycles. The molecule has 0 amide bonds. The molecule has 0 aliphatic carbocycles. The fourth-order valence-electron chi connectivity index (χ4n) is 1.60. The predicted octanol–water partition coefficient (Wildman–Crippen LogP) is 3.17. The highest BCUT2D eigenvalue weighted by atomic mass is 16.6. The summed E-state index contributed by atoms with van der Waals surface area (Å²) in [6, 6.07) is 0. The number of carbonyl (C=O) groups is 2. The van der Waals surface area contributed by atoms with Gasteiger partial charge in [-0.2, -0.15) is 0 Å². The Balaban J connectivity index is 3.98. The van der Waals surface area contributed by atoms with Gasteiger partial charge in [0.2, 0.25) is 0 Å². The van der Waals surface area contributed by atoms with Gasteiger partial charge in [-0.15, -0.1) is 0 Å². The molecule has 0 fully saturated rings. The number of hydrogen-bond donors (Lipinski definition) is 1. The van der Waals surface area contributed by atoms with Crippen LogP contribution in [-0.2, 0) is 14.3 Å². The Hall–Kier alpha value is -1.32. The molecule has 0 aromatic rings. The summed E-state index contributed by atoms with van der Waals surface area (Å²) in [7, 11) is 0. The van der Waals surface area contributed by atoms with Crippen molar-refractivity contribution in [2.24, 2.45) is 5.92 Å². The van der Waals surface area contributed by atoms with E-state index in [9.17, 15) is 9.59 Å². The largest absolute Gasteiger partial charge is 0.479 e. The second-order valence-corrected chi connectivity index (χ2v) is 4.47. The second kappa shape index (κ2) is 9.68. The quantitative estimate of drug-likeness (QED) is 0.508. The van der Waals surface area contributed by atoms with Crippen LogP contribution in [0.4, 0.5) is 0 Å². The molecule has 0 aromatic heterocycles. The normalized spacial score (nSPS) is 14.4. The molecule has 0 aromatic carbocycles. The number of carboxylic acid groups (broad SMARTS) is 1. The molecule has 2 unspecified atom stereocenters. The molecule has 4 heteroatoms. The van der Waals surface area contributed by atoms with E-state index in [-0.39, 0.29) is 0 Å². The Labute approximate surface area is 109 Å². The SMILES string of the molecule is CCCCC(CC)CC=CC(=O)OC(C)C(=O)O. The van der Waals surface area contributed by atoms with Crippen molar-refractivity contribution in [2.45, 2.75) is 59.0 Å². The van der Waals surface area contributed by atoms with Gasteiger partial charge in [0.05, 0.1) is 0 Å². The molecule has 0 radical (unpaired) electrons. The number of esters is 1. The summed E-state index contributed by atoms with van der Waals surface area (Å²) < 4.78 is 4.68. The Kier molecular flexibility index (Phi) is 8.97. The molecule has 0 aliphatic heterocycles. The topological polar surface area (TPSA) is 63.6 Å². The molecule has 4 nitrogen and oxygen atoms in total. The molecule has 1 N–H and O–H groups in total. The summed E-state index contributed by atoms with van der Waals surface area (Å²) in [5.41, 5.74) is 0. The monoisotopic (exact) mass is 256 g/mol. The van der Waals surface area contributed by atoms with Crippen LogP contribution in [0.25, 0.3) is 0 Å². The first-order valence-electron chi connectivity index (χ1n) is 6.61. The van der Waals surface area contributed by atoms with Crippen molar-refractivity contribution in [3.8, 4) is 0 Å². The highest BCUT2D eigenvalue weighted by Gasteiger charge is 2.14. The Morgan fingerprint density at radius 1 is 1.33 bits per heavy atom. The average Bonchev–Trinajstić information content (AvgIpc) is 2.33. The minimum Gasteiger partial charge on any atom is -0.479 e. The first kappa shape index (κ1) is 16.7. The lowest BCUT2D eigenvalue weighted by molar-refractivity contribution is -0.159. The molecule has 0 aliphatic rings. The zero-order valence-corrected chi connectivity index (χ0v) is 11.5. The maximum atomic E-state index is 11.3. The van der Waals surface area contributed by atoms with E-state index >= 15 is 0 Å². The number of ether oxygens (including phenoxy) is 1. The van der Waals surface area contributed by atoms with Crippen molar-refractivity contribution in [2.75, 3.05) is 0 Å². The number of aliphatic carboxylic acids is 1. The van der Waals surface area contributed by atoms with Gasteiger partial charge in [0.1, 0.15) is 0 Å². The van der Waals surface area contributed by atoms with Crippen LogP contribution in [0, 0.1) is 5.92 Å². The minimum absolute atomic E-state index is 0.588. The molecule has 0 saturated carbocycles. The number of rotatable bonds is 9. The Bertz CT molecular complexity index is 284. The fourth-order valence-corrected chi connectivity index (χ4v) is 1.60. The summed E-state index contributed by atoms with van der Waals surface area (Å²) >= 11 is 0. The zero-order chi connectivity index (χ0) is 14.0.